The van der Waals surface area contributed by atoms with Crippen molar-refractivity contribution >= 4 is 5.97 Å². The summed E-state index contributed by atoms with van der Waals surface area (Å²) in [6, 6.07) is 0. The van der Waals surface area contributed by atoms with Gasteiger partial charge in [0.05, 0.1) is 6.54 Å². The first-order chi connectivity index (χ1) is 3.27. The molecule has 0 aromatic heterocycles. The van der Waals surface area contributed by atoms with Crippen LogP contribution in [-0.2, 0) is 4.79 Å². The molecule has 0 spiro atoms. The Hall–Kier alpha value is -0.640. The summed E-state index contributed by atoms with van der Waals surface area (Å²) in [5, 5.41) is 9.80. The zero-order chi connectivity index (χ0) is 5.70. The maximum absolute atomic E-state index is 11.0. The summed E-state index contributed by atoms with van der Waals surface area (Å²) >= 11 is 0. The lowest BCUT2D eigenvalue weighted by Crippen LogP contribution is -2.20. The molecule has 0 saturated heterocycles. The minimum absolute atomic E-state index is 0.309. The first-order valence-corrected chi connectivity index (χ1v) is 1.76. The van der Waals surface area contributed by atoms with Gasteiger partial charge in [-0.2, -0.15) is 0 Å². The van der Waals surface area contributed by atoms with Crippen molar-refractivity contribution in [1.29, 1.82) is 0 Å². The number of halogens is 1. The van der Waals surface area contributed by atoms with E-state index in [1.54, 1.807) is 0 Å². The molecule has 7 heavy (non-hydrogen) atoms. The molecule has 0 fully saturated rings. The summed E-state index contributed by atoms with van der Waals surface area (Å²) in [6.07, 6.45) is 0. The minimum atomic E-state index is -1.04. The maximum atomic E-state index is 11.0. The van der Waals surface area contributed by atoms with E-state index in [1.807, 2.05) is 5.32 Å². The topological polar surface area (TPSA) is 49.3 Å². The highest BCUT2D eigenvalue weighted by atomic mass is 19.1. The van der Waals surface area contributed by atoms with Gasteiger partial charge < -0.3 is 5.11 Å². The lowest BCUT2D eigenvalue weighted by Gasteiger charge is -1.88. The molecular weight excluding hydrogens is 101 g/mol. The third-order valence-electron chi connectivity index (χ3n) is 0.371. The molecule has 0 aromatic rings. The third-order valence-corrected chi connectivity index (χ3v) is 0.371. The Kier molecular flexibility index (Phi) is 3.22. The van der Waals surface area contributed by atoms with E-state index < -0.39 is 12.8 Å². The number of aliphatic carboxylic acids is 1. The van der Waals surface area contributed by atoms with Crippen LogP contribution in [0.3, 0.4) is 0 Å². The smallest absolute Gasteiger partial charge is 0.317 e. The van der Waals surface area contributed by atoms with Crippen LogP contribution in [0.15, 0.2) is 0 Å². The Morgan fingerprint density at radius 1 is 1.86 bits per heavy atom. The zero-order valence-corrected chi connectivity index (χ0v) is 3.65. The van der Waals surface area contributed by atoms with Crippen molar-refractivity contribution in [3.63, 3.8) is 0 Å². The van der Waals surface area contributed by atoms with Crippen LogP contribution in [0.5, 0.6) is 0 Å². The average Bonchev–Trinajstić information content (AvgIpc) is 1.61. The summed E-state index contributed by atoms with van der Waals surface area (Å²) in [4.78, 5) is 9.53. The van der Waals surface area contributed by atoms with Gasteiger partial charge in [-0.3, -0.25) is 10.1 Å². The van der Waals surface area contributed by atoms with E-state index >= 15 is 0 Å². The van der Waals surface area contributed by atoms with E-state index in [0.717, 1.165) is 0 Å². The van der Waals surface area contributed by atoms with Crippen molar-refractivity contribution in [3.05, 3.63) is 0 Å². The Morgan fingerprint density at radius 2 is 2.43 bits per heavy atom. The Labute approximate surface area is 40.1 Å². The third kappa shape index (κ3) is 5.36. The first kappa shape index (κ1) is 6.36. The average molecular weight is 107 g/mol. The summed E-state index contributed by atoms with van der Waals surface area (Å²) in [7, 11) is 0. The van der Waals surface area contributed by atoms with Crippen molar-refractivity contribution in [2.24, 2.45) is 0 Å². The largest absolute Gasteiger partial charge is 0.480 e. The summed E-state index contributed by atoms with van der Waals surface area (Å²) in [5.74, 6) is -1.04. The molecule has 0 aliphatic rings. The fourth-order valence-corrected chi connectivity index (χ4v) is 0.154. The quantitative estimate of drug-likeness (QED) is 0.482. The second-order valence-corrected chi connectivity index (χ2v) is 0.954. The predicted molar refractivity (Wildman–Crippen MR) is 21.6 cm³/mol. The molecule has 0 unspecified atom stereocenters. The summed E-state index contributed by atoms with van der Waals surface area (Å²) in [5.41, 5.74) is 0. The highest BCUT2D eigenvalue weighted by Crippen LogP contribution is 1.59. The molecular formula is C3H6FNO2. The van der Waals surface area contributed by atoms with Gasteiger partial charge >= 0.3 is 5.97 Å². The molecule has 2 N–H and O–H groups in total. The van der Waals surface area contributed by atoms with E-state index in [9.17, 15) is 9.18 Å². The van der Waals surface area contributed by atoms with Crippen molar-refractivity contribution in [3.8, 4) is 0 Å². The van der Waals surface area contributed by atoms with E-state index in [1.165, 1.54) is 0 Å². The molecule has 0 bridgehead atoms. The standard InChI is InChI=1S/C3H6FNO2/c4-2-5-1-3(6)7/h5H,1-2H2,(H,6,7). The molecule has 0 aliphatic heterocycles. The minimum Gasteiger partial charge on any atom is -0.480 e. The molecule has 3 nitrogen and oxygen atoms in total. The first-order valence-electron chi connectivity index (χ1n) is 1.76. The molecule has 4 heteroatoms. The normalized spacial score (nSPS) is 8.71. The number of alkyl halides is 1. The van der Waals surface area contributed by atoms with Crippen LogP contribution >= 0.6 is 0 Å². The monoisotopic (exact) mass is 107 g/mol. The summed E-state index contributed by atoms with van der Waals surface area (Å²) in [6.45, 7) is -1.09. The van der Waals surface area contributed by atoms with Crippen molar-refractivity contribution in [1.82, 2.24) is 5.32 Å². The molecule has 0 atom stereocenters. The highest BCUT2D eigenvalue weighted by Gasteiger charge is 1.90. The number of carbonyl (C=O) groups is 1. The van der Waals surface area contributed by atoms with Crippen LogP contribution in [0.25, 0.3) is 0 Å². The molecule has 0 saturated carbocycles. The van der Waals surface area contributed by atoms with Gasteiger partial charge in [-0.15, -0.1) is 0 Å². The SMILES string of the molecule is O=C(O)CNCF. The van der Waals surface area contributed by atoms with Gasteiger partial charge in [0.15, 0.2) is 0 Å². The number of hydrogen-bond acceptors (Lipinski definition) is 2. The van der Waals surface area contributed by atoms with Crippen LogP contribution in [0.4, 0.5) is 4.39 Å². The Bertz CT molecular complexity index is 66.0. The van der Waals surface area contributed by atoms with Crippen LogP contribution in [0, 0.1) is 0 Å². The van der Waals surface area contributed by atoms with Gasteiger partial charge in [0, 0.05) is 0 Å². The van der Waals surface area contributed by atoms with E-state index in [4.69, 9.17) is 5.11 Å². The predicted octanol–water partition coefficient (Wildman–Crippen LogP) is -0.412. The van der Waals surface area contributed by atoms with Crippen LogP contribution in [0.2, 0.25) is 0 Å². The number of rotatable bonds is 3. The van der Waals surface area contributed by atoms with Crippen molar-refractivity contribution in [2.75, 3.05) is 13.3 Å². The number of nitrogens with one attached hydrogen (secondary N) is 1. The van der Waals surface area contributed by atoms with Gasteiger partial charge in [0.1, 0.15) is 6.80 Å². The van der Waals surface area contributed by atoms with Crippen LogP contribution in [-0.4, -0.2) is 24.4 Å². The second-order valence-electron chi connectivity index (χ2n) is 0.954. The van der Waals surface area contributed by atoms with Gasteiger partial charge in [-0.1, -0.05) is 0 Å². The van der Waals surface area contributed by atoms with E-state index in [0.29, 0.717) is 0 Å². The summed E-state index contributed by atoms with van der Waals surface area (Å²) < 4.78 is 11.0. The molecule has 0 aromatic carbocycles. The number of carboxylic acid groups (broad SMARTS) is 1. The van der Waals surface area contributed by atoms with Gasteiger partial charge in [-0.05, 0) is 0 Å². The lowest BCUT2D eigenvalue weighted by molar-refractivity contribution is -0.136. The highest BCUT2D eigenvalue weighted by molar-refractivity contribution is 5.68. The number of hydrogen-bond donors (Lipinski definition) is 2. The second kappa shape index (κ2) is 3.55. The van der Waals surface area contributed by atoms with Gasteiger partial charge in [-0.25, -0.2) is 4.39 Å². The zero-order valence-electron chi connectivity index (χ0n) is 3.65. The molecule has 0 heterocycles. The molecule has 0 aliphatic carbocycles. The van der Waals surface area contributed by atoms with Crippen molar-refractivity contribution in [2.45, 2.75) is 0 Å². The van der Waals surface area contributed by atoms with E-state index in [-0.39, 0.29) is 6.54 Å². The fourth-order valence-electron chi connectivity index (χ4n) is 0.154. The molecule has 42 valence electrons. The molecule has 0 amide bonds. The van der Waals surface area contributed by atoms with E-state index in [2.05, 4.69) is 0 Å². The van der Waals surface area contributed by atoms with Crippen LogP contribution in [0.1, 0.15) is 0 Å². The number of carboxylic acids is 1. The van der Waals surface area contributed by atoms with Gasteiger partial charge in [0.2, 0.25) is 0 Å². The maximum Gasteiger partial charge on any atom is 0.317 e. The Balaban J connectivity index is 2.82. The van der Waals surface area contributed by atoms with Gasteiger partial charge in [0.25, 0.3) is 0 Å². The van der Waals surface area contributed by atoms with Crippen LogP contribution < -0.4 is 5.32 Å². The fraction of sp³-hybridized carbons (Fsp3) is 0.667. The molecule has 0 rings (SSSR count). The van der Waals surface area contributed by atoms with Crippen molar-refractivity contribution < 1.29 is 14.3 Å². The molecule has 0 radical (unpaired) electrons. The lowest BCUT2D eigenvalue weighted by atomic mass is 10.7. The Morgan fingerprint density at radius 3 is 2.57 bits per heavy atom.